The summed E-state index contributed by atoms with van der Waals surface area (Å²) < 4.78 is 5.28. The third kappa shape index (κ3) is 4.54. The standard InChI is InChI=1S/C26H28N2O4/c1-17(19-7-8-21-16-22(32-2)10-9-20(21)15-19)26(31)28-13-11-18(12-14-28)25(30)27-23-5-3-4-6-24(23)29/h3-10,15-18,29H,11-14H2,1-2H3,(H,27,30)/t17-/m1/s1. The average Bonchev–Trinajstić information content (AvgIpc) is 2.84. The number of methoxy groups -OCH3 is 1. The maximum atomic E-state index is 13.1. The Bertz CT molecular complexity index is 1140. The fraction of sp³-hybridized carbons (Fsp3) is 0.308. The molecule has 1 aliphatic rings. The Labute approximate surface area is 187 Å². The number of hydrogen-bond acceptors (Lipinski definition) is 4. The van der Waals surface area contributed by atoms with Gasteiger partial charge in [-0.3, -0.25) is 9.59 Å². The fourth-order valence-corrected chi connectivity index (χ4v) is 4.23. The number of likely N-dealkylation sites (tertiary alicyclic amines) is 1. The van der Waals surface area contributed by atoms with Crippen molar-refractivity contribution in [2.45, 2.75) is 25.7 Å². The van der Waals surface area contributed by atoms with Crippen LogP contribution < -0.4 is 10.1 Å². The van der Waals surface area contributed by atoms with E-state index >= 15 is 0 Å². The second-order valence-corrected chi connectivity index (χ2v) is 8.30. The highest BCUT2D eigenvalue weighted by molar-refractivity contribution is 5.94. The summed E-state index contributed by atoms with van der Waals surface area (Å²) in [4.78, 5) is 27.6. The monoisotopic (exact) mass is 432 g/mol. The van der Waals surface area contributed by atoms with Crippen molar-refractivity contribution in [3.63, 3.8) is 0 Å². The van der Waals surface area contributed by atoms with Crippen molar-refractivity contribution >= 4 is 28.3 Å². The van der Waals surface area contributed by atoms with Crippen molar-refractivity contribution in [2.24, 2.45) is 5.92 Å². The minimum atomic E-state index is -0.256. The Morgan fingerprint density at radius 3 is 2.44 bits per heavy atom. The number of nitrogens with one attached hydrogen (secondary N) is 1. The molecule has 0 unspecified atom stereocenters. The van der Waals surface area contributed by atoms with E-state index in [9.17, 15) is 14.7 Å². The number of amides is 2. The lowest BCUT2D eigenvalue weighted by atomic mass is 9.92. The quantitative estimate of drug-likeness (QED) is 0.581. The lowest BCUT2D eigenvalue weighted by Crippen LogP contribution is -2.43. The molecule has 0 spiro atoms. The van der Waals surface area contributed by atoms with Crippen LogP contribution in [0.2, 0.25) is 0 Å². The van der Waals surface area contributed by atoms with Crippen LogP contribution in [0.15, 0.2) is 60.7 Å². The van der Waals surface area contributed by atoms with Crippen LogP contribution in [0.3, 0.4) is 0 Å². The molecule has 0 saturated carbocycles. The van der Waals surface area contributed by atoms with Gasteiger partial charge in [-0.05, 0) is 60.4 Å². The van der Waals surface area contributed by atoms with Crippen molar-refractivity contribution < 1.29 is 19.4 Å². The normalized spacial score (nSPS) is 15.4. The van der Waals surface area contributed by atoms with Gasteiger partial charge in [-0.2, -0.15) is 0 Å². The lowest BCUT2D eigenvalue weighted by Gasteiger charge is -2.33. The topological polar surface area (TPSA) is 78.9 Å². The van der Waals surface area contributed by atoms with E-state index in [-0.39, 0.29) is 29.4 Å². The second-order valence-electron chi connectivity index (χ2n) is 8.30. The predicted molar refractivity (Wildman–Crippen MR) is 125 cm³/mol. The number of para-hydroxylation sites is 2. The summed E-state index contributed by atoms with van der Waals surface area (Å²) in [5, 5.41) is 14.8. The van der Waals surface area contributed by atoms with Crippen molar-refractivity contribution in [1.29, 1.82) is 0 Å². The maximum Gasteiger partial charge on any atom is 0.229 e. The SMILES string of the molecule is COc1ccc2cc([C@@H](C)C(=O)N3CCC(C(=O)Nc4ccccc4O)CC3)ccc2c1. The van der Waals surface area contributed by atoms with Gasteiger partial charge >= 0.3 is 0 Å². The van der Waals surface area contributed by atoms with Crippen molar-refractivity contribution in [3.8, 4) is 11.5 Å². The zero-order valence-electron chi connectivity index (χ0n) is 18.4. The largest absolute Gasteiger partial charge is 0.506 e. The highest BCUT2D eigenvalue weighted by atomic mass is 16.5. The Morgan fingerprint density at radius 2 is 1.72 bits per heavy atom. The van der Waals surface area contributed by atoms with Crippen molar-refractivity contribution in [2.75, 3.05) is 25.5 Å². The molecule has 6 heteroatoms. The number of aromatic hydroxyl groups is 1. The molecule has 1 aliphatic heterocycles. The third-order valence-corrected chi connectivity index (χ3v) is 6.28. The highest BCUT2D eigenvalue weighted by Crippen LogP contribution is 2.29. The summed E-state index contributed by atoms with van der Waals surface area (Å²) in [6, 6.07) is 18.7. The molecule has 3 aromatic carbocycles. The Kier molecular flexibility index (Phi) is 6.30. The zero-order chi connectivity index (χ0) is 22.7. The first-order chi connectivity index (χ1) is 15.5. The molecule has 0 aromatic heterocycles. The van der Waals surface area contributed by atoms with Gasteiger partial charge in [0.2, 0.25) is 11.8 Å². The van der Waals surface area contributed by atoms with Gasteiger partial charge in [-0.15, -0.1) is 0 Å². The van der Waals surface area contributed by atoms with Gasteiger partial charge in [-0.25, -0.2) is 0 Å². The van der Waals surface area contributed by atoms with E-state index in [2.05, 4.69) is 11.4 Å². The molecule has 1 saturated heterocycles. The van der Waals surface area contributed by atoms with Gasteiger partial charge in [0.15, 0.2) is 0 Å². The van der Waals surface area contributed by atoms with E-state index in [4.69, 9.17) is 4.74 Å². The second kappa shape index (κ2) is 9.30. The molecular formula is C26H28N2O4. The Hall–Kier alpha value is -3.54. The molecule has 1 fully saturated rings. The number of anilines is 1. The highest BCUT2D eigenvalue weighted by Gasteiger charge is 2.30. The molecule has 3 aromatic rings. The van der Waals surface area contributed by atoms with Gasteiger partial charge in [0, 0.05) is 19.0 Å². The lowest BCUT2D eigenvalue weighted by molar-refractivity contribution is -0.135. The Balaban J connectivity index is 1.37. The number of nitrogens with zero attached hydrogens (tertiary/aromatic N) is 1. The minimum Gasteiger partial charge on any atom is -0.506 e. The fourth-order valence-electron chi connectivity index (χ4n) is 4.23. The summed E-state index contributed by atoms with van der Waals surface area (Å²) in [7, 11) is 1.65. The van der Waals surface area contributed by atoms with Crippen LogP contribution in [-0.4, -0.2) is 42.0 Å². The molecule has 166 valence electrons. The first kappa shape index (κ1) is 21.7. The molecule has 2 N–H and O–H groups in total. The van der Waals surface area contributed by atoms with E-state index in [0.717, 1.165) is 22.1 Å². The number of phenolic OH excluding ortho intramolecular Hbond substituents is 1. The number of rotatable bonds is 5. The number of ether oxygens (including phenoxy) is 1. The molecule has 1 heterocycles. The van der Waals surface area contributed by atoms with E-state index in [1.807, 2.05) is 42.2 Å². The van der Waals surface area contributed by atoms with Gasteiger partial charge in [0.25, 0.3) is 0 Å². The van der Waals surface area contributed by atoms with Crippen molar-refractivity contribution in [3.05, 3.63) is 66.2 Å². The van der Waals surface area contributed by atoms with Crippen LogP contribution in [0.5, 0.6) is 11.5 Å². The molecule has 4 rings (SSSR count). The van der Waals surface area contributed by atoms with Gasteiger partial charge in [0.05, 0.1) is 18.7 Å². The van der Waals surface area contributed by atoms with E-state index in [1.54, 1.807) is 31.4 Å². The number of carbonyl (C=O) groups is 2. The predicted octanol–water partition coefficient (Wildman–Crippen LogP) is 4.53. The van der Waals surface area contributed by atoms with Crippen LogP contribution in [0.4, 0.5) is 5.69 Å². The van der Waals surface area contributed by atoms with Crippen LogP contribution in [0, 0.1) is 5.92 Å². The third-order valence-electron chi connectivity index (χ3n) is 6.28. The van der Waals surface area contributed by atoms with Crippen LogP contribution in [-0.2, 0) is 9.59 Å². The molecule has 0 bridgehead atoms. The van der Waals surface area contributed by atoms with E-state index in [1.165, 1.54) is 0 Å². The van der Waals surface area contributed by atoms with Crippen LogP contribution >= 0.6 is 0 Å². The van der Waals surface area contributed by atoms with Gasteiger partial charge in [0.1, 0.15) is 11.5 Å². The number of benzene rings is 3. The summed E-state index contributed by atoms with van der Waals surface area (Å²) in [6.07, 6.45) is 1.21. The molecule has 1 atom stereocenters. The first-order valence-corrected chi connectivity index (χ1v) is 10.9. The molecule has 0 aliphatic carbocycles. The maximum absolute atomic E-state index is 13.1. The minimum absolute atomic E-state index is 0.0520. The van der Waals surface area contributed by atoms with Gasteiger partial charge in [-0.1, -0.05) is 36.4 Å². The Morgan fingerprint density at radius 1 is 1.03 bits per heavy atom. The summed E-state index contributed by atoms with van der Waals surface area (Å²) in [5.74, 6) is 0.395. The number of phenols is 1. The van der Waals surface area contributed by atoms with Gasteiger partial charge < -0.3 is 20.1 Å². The average molecular weight is 433 g/mol. The molecular weight excluding hydrogens is 404 g/mol. The number of fused-ring (bicyclic) bond motifs is 1. The molecule has 6 nitrogen and oxygen atoms in total. The molecule has 2 amide bonds. The number of hydrogen-bond donors (Lipinski definition) is 2. The zero-order valence-corrected chi connectivity index (χ0v) is 18.4. The smallest absolute Gasteiger partial charge is 0.229 e. The number of piperidine rings is 1. The number of carbonyl (C=O) groups excluding carboxylic acids is 2. The molecule has 0 radical (unpaired) electrons. The van der Waals surface area contributed by atoms with E-state index in [0.29, 0.717) is 31.6 Å². The molecule has 32 heavy (non-hydrogen) atoms. The van der Waals surface area contributed by atoms with E-state index < -0.39 is 0 Å². The van der Waals surface area contributed by atoms with Crippen LogP contribution in [0.1, 0.15) is 31.2 Å². The van der Waals surface area contributed by atoms with Crippen LogP contribution in [0.25, 0.3) is 10.8 Å². The van der Waals surface area contributed by atoms with Crippen molar-refractivity contribution in [1.82, 2.24) is 4.90 Å². The summed E-state index contributed by atoms with van der Waals surface area (Å²) >= 11 is 0. The summed E-state index contributed by atoms with van der Waals surface area (Å²) in [5.41, 5.74) is 1.39. The summed E-state index contributed by atoms with van der Waals surface area (Å²) in [6.45, 7) is 3.03. The first-order valence-electron chi connectivity index (χ1n) is 10.9.